The van der Waals surface area contributed by atoms with Gasteiger partial charge in [0, 0.05) is 32.4 Å². The highest BCUT2D eigenvalue weighted by atomic mass is 32.2. The molecule has 0 bridgehead atoms. The maximum absolute atomic E-state index is 2.31. The Balaban J connectivity index is 1.99. The maximum Gasteiger partial charge on any atom is 0.0158 e. The number of hydrogen-bond donors (Lipinski definition) is 0. The van der Waals surface area contributed by atoms with E-state index in [1.54, 1.807) is 0 Å². The van der Waals surface area contributed by atoms with E-state index in [1.165, 1.54) is 42.5 Å². The number of benzene rings is 4. The molecule has 0 spiro atoms. The summed E-state index contributed by atoms with van der Waals surface area (Å²) >= 11 is 3.98. The Morgan fingerprint density at radius 1 is 0.500 bits per heavy atom. The second-order valence-electron chi connectivity index (χ2n) is 6.02. The summed E-state index contributed by atoms with van der Waals surface area (Å²) in [5, 5.41) is 5.37. The fourth-order valence-corrected chi connectivity index (χ4v) is 5.71. The Morgan fingerprint density at radius 2 is 0.958 bits per heavy atom. The zero-order chi connectivity index (χ0) is 15.9. The zero-order valence-corrected chi connectivity index (χ0v) is 14.8. The monoisotopic (exact) mass is 344 g/mol. The van der Waals surface area contributed by atoms with Crippen LogP contribution in [0.25, 0.3) is 32.7 Å². The molecule has 1 aliphatic rings. The van der Waals surface area contributed by atoms with E-state index in [9.17, 15) is 0 Å². The average molecular weight is 345 g/mol. The van der Waals surface area contributed by atoms with Gasteiger partial charge in [0.1, 0.15) is 0 Å². The van der Waals surface area contributed by atoms with Crippen LogP contribution in [0.1, 0.15) is 0 Å². The van der Waals surface area contributed by atoms with Crippen molar-refractivity contribution >= 4 is 45.1 Å². The summed E-state index contributed by atoms with van der Waals surface area (Å²) in [6.07, 6.45) is 0. The van der Waals surface area contributed by atoms with Crippen molar-refractivity contribution in [1.82, 2.24) is 0 Å². The molecule has 5 rings (SSSR count). The van der Waals surface area contributed by atoms with E-state index in [2.05, 4.69) is 72.8 Å². The van der Waals surface area contributed by atoms with Crippen molar-refractivity contribution in [2.24, 2.45) is 0 Å². The van der Waals surface area contributed by atoms with Gasteiger partial charge in [-0.15, -0.1) is 23.5 Å². The van der Waals surface area contributed by atoms with Crippen molar-refractivity contribution in [2.75, 3.05) is 11.5 Å². The molecule has 1 heterocycles. The average Bonchev–Trinajstić information content (AvgIpc) is 2.62. The zero-order valence-electron chi connectivity index (χ0n) is 13.2. The van der Waals surface area contributed by atoms with Gasteiger partial charge in [-0.3, -0.25) is 0 Å². The first kappa shape index (κ1) is 14.4. The summed E-state index contributed by atoms with van der Waals surface area (Å²) in [6, 6.07) is 26.7. The fourth-order valence-electron chi connectivity index (χ4n) is 3.56. The molecule has 0 N–H and O–H groups in total. The molecule has 0 atom stereocenters. The number of thioether (sulfide) groups is 2. The van der Waals surface area contributed by atoms with Crippen LogP contribution in [0, 0.1) is 0 Å². The van der Waals surface area contributed by atoms with Crippen LogP contribution >= 0.6 is 23.5 Å². The fraction of sp³-hybridized carbons (Fsp3) is 0.0909. The van der Waals surface area contributed by atoms with Crippen LogP contribution in [0.15, 0.2) is 82.6 Å². The largest absolute Gasteiger partial charge is 0.125 e. The van der Waals surface area contributed by atoms with Crippen LogP contribution in [0.2, 0.25) is 0 Å². The predicted molar refractivity (Wildman–Crippen MR) is 108 cm³/mol. The van der Waals surface area contributed by atoms with Crippen molar-refractivity contribution in [3.8, 4) is 11.1 Å². The molecule has 0 saturated heterocycles. The lowest BCUT2D eigenvalue weighted by molar-refractivity contribution is 1.38. The molecule has 0 amide bonds. The van der Waals surface area contributed by atoms with Gasteiger partial charge >= 0.3 is 0 Å². The van der Waals surface area contributed by atoms with Crippen LogP contribution in [0.3, 0.4) is 0 Å². The highest BCUT2D eigenvalue weighted by Crippen LogP contribution is 2.46. The van der Waals surface area contributed by atoms with Crippen molar-refractivity contribution in [2.45, 2.75) is 9.79 Å². The van der Waals surface area contributed by atoms with E-state index in [0.717, 1.165) is 11.5 Å². The lowest BCUT2D eigenvalue weighted by atomic mass is 9.94. The molecule has 0 aromatic heterocycles. The van der Waals surface area contributed by atoms with Crippen LogP contribution in [-0.2, 0) is 0 Å². The van der Waals surface area contributed by atoms with E-state index < -0.39 is 0 Å². The molecule has 2 heteroatoms. The summed E-state index contributed by atoms with van der Waals surface area (Å²) in [7, 11) is 0. The molecule has 4 aromatic rings. The summed E-state index contributed by atoms with van der Waals surface area (Å²) in [6.45, 7) is 0. The van der Waals surface area contributed by atoms with Gasteiger partial charge in [0.15, 0.2) is 0 Å². The molecule has 1 aliphatic heterocycles. The Labute approximate surface area is 150 Å². The summed E-state index contributed by atoms with van der Waals surface area (Å²) in [4.78, 5) is 2.82. The second-order valence-corrected chi connectivity index (χ2v) is 8.29. The smallest absolute Gasteiger partial charge is 0.0158 e. The normalized spacial score (nSPS) is 14.0. The van der Waals surface area contributed by atoms with Gasteiger partial charge in [-0.05, 0) is 33.7 Å². The highest BCUT2D eigenvalue weighted by Gasteiger charge is 2.19. The molecule has 0 radical (unpaired) electrons. The van der Waals surface area contributed by atoms with Crippen molar-refractivity contribution < 1.29 is 0 Å². The van der Waals surface area contributed by atoms with Crippen molar-refractivity contribution in [3.63, 3.8) is 0 Å². The van der Waals surface area contributed by atoms with Gasteiger partial charge in [0.2, 0.25) is 0 Å². The minimum Gasteiger partial charge on any atom is -0.125 e. The third kappa shape index (κ3) is 2.25. The minimum atomic E-state index is 1.16. The third-order valence-corrected chi connectivity index (χ3v) is 7.01. The van der Waals surface area contributed by atoms with Crippen LogP contribution in [0.4, 0.5) is 0 Å². The number of rotatable bonds is 0. The topological polar surface area (TPSA) is 0 Å². The summed E-state index contributed by atoms with van der Waals surface area (Å²) < 4.78 is 0. The molecule has 0 saturated carbocycles. The molecule has 0 unspecified atom stereocenters. The van der Waals surface area contributed by atoms with E-state index in [1.807, 2.05) is 23.5 Å². The van der Waals surface area contributed by atoms with Crippen LogP contribution in [-0.4, -0.2) is 11.5 Å². The Hall–Kier alpha value is -1.90. The van der Waals surface area contributed by atoms with Gasteiger partial charge in [-0.2, -0.15) is 0 Å². The van der Waals surface area contributed by atoms with E-state index in [-0.39, 0.29) is 0 Å². The first-order valence-corrected chi connectivity index (χ1v) is 10.2. The van der Waals surface area contributed by atoms with E-state index in [4.69, 9.17) is 0 Å². The first-order valence-electron chi connectivity index (χ1n) is 8.21. The Bertz CT molecular complexity index is 979. The second kappa shape index (κ2) is 5.87. The standard InChI is InChI=1S/C22H16S2/c1-3-7-17-15(5-1)9-11-19-21(17)22-18-8-4-2-6-16(18)10-12-20(22)24-14-13-23-19/h1-12H,13-14H2. The van der Waals surface area contributed by atoms with Crippen LogP contribution in [0.5, 0.6) is 0 Å². The molecule has 0 nitrogen and oxygen atoms in total. The Kier molecular flexibility index (Phi) is 3.53. The highest BCUT2D eigenvalue weighted by molar-refractivity contribution is 8.03. The summed E-state index contributed by atoms with van der Waals surface area (Å²) in [5.41, 5.74) is 2.83. The maximum atomic E-state index is 2.31. The lowest BCUT2D eigenvalue weighted by Crippen LogP contribution is -1.96. The molecule has 24 heavy (non-hydrogen) atoms. The number of fused-ring (bicyclic) bond motifs is 7. The third-order valence-electron chi connectivity index (χ3n) is 4.63. The Morgan fingerprint density at radius 3 is 1.46 bits per heavy atom. The van der Waals surface area contributed by atoms with Gasteiger partial charge in [0.25, 0.3) is 0 Å². The van der Waals surface area contributed by atoms with Gasteiger partial charge in [0.05, 0.1) is 0 Å². The molecule has 4 aromatic carbocycles. The van der Waals surface area contributed by atoms with Gasteiger partial charge in [-0.1, -0.05) is 60.7 Å². The number of hydrogen-bond acceptors (Lipinski definition) is 2. The lowest BCUT2D eigenvalue weighted by Gasteiger charge is -2.21. The summed E-state index contributed by atoms with van der Waals surface area (Å²) in [5.74, 6) is 2.31. The SMILES string of the molecule is c1ccc2c3c(ccc2c1)SCCSc1ccc2ccccc2c1-3. The molecule has 0 fully saturated rings. The van der Waals surface area contributed by atoms with E-state index >= 15 is 0 Å². The van der Waals surface area contributed by atoms with Crippen molar-refractivity contribution in [3.05, 3.63) is 72.8 Å². The van der Waals surface area contributed by atoms with Gasteiger partial charge in [-0.25, -0.2) is 0 Å². The predicted octanol–water partition coefficient (Wildman–Crippen LogP) is 6.86. The first-order chi connectivity index (χ1) is 11.9. The molecule has 0 aliphatic carbocycles. The quantitative estimate of drug-likeness (QED) is 0.342. The van der Waals surface area contributed by atoms with Crippen molar-refractivity contribution in [1.29, 1.82) is 0 Å². The van der Waals surface area contributed by atoms with Gasteiger partial charge < -0.3 is 0 Å². The van der Waals surface area contributed by atoms with Crippen LogP contribution < -0.4 is 0 Å². The molecular formula is C22H16S2. The van der Waals surface area contributed by atoms with E-state index in [0.29, 0.717) is 0 Å². The molecule has 116 valence electrons. The molecular weight excluding hydrogens is 328 g/mol. The minimum absolute atomic E-state index is 1.16.